The van der Waals surface area contributed by atoms with Gasteiger partial charge in [0, 0.05) is 30.7 Å². The number of benzene rings is 1. The molecule has 2 rings (SSSR count). The molecule has 0 unspecified atom stereocenters. The number of rotatable bonds is 2. The van der Waals surface area contributed by atoms with E-state index in [0.717, 1.165) is 24.3 Å². The molecule has 9 heteroatoms. The third kappa shape index (κ3) is 3.66. The van der Waals surface area contributed by atoms with E-state index < -0.39 is 20.2 Å². The van der Waals surface area contributed by atoms with Gasteiger partial charge in [-0.25, -0.2) is 8.42 Å². The molecule has 1 fully saturated rings. The van der Waals surface area contributed by atoms with Crippen LogP contribution in [0.25, 0.3) is 0 Å². The van der Waals surface area contributed by atoms with E-state index in [1.807, 2.05) is 13.8 Å². The smallest absolute Gasteiger partial charge is 0.336 e. The van der Waals surface area contributed by atoms with Crippen LogP contribution >= 0.6 is 0 Å². The largest absolute Gasteiger partial charge is 0.501 e. The summed E-state index contributed by atoms with van der Waals surface area (Å²) in [6.07, 6.45) is 0. The van der Waals surface area contributed by atoms with E-state index in [4.69, 9.17) is 0 Å². The van der Waals surface area contributed by atoms with E-state index in [2.05, 4.69) is 5.32 Å². The highest BCUT2D eigenvalue weighted by Crippen LogP contribution is 2.30. The molecule has 0 saturated carbocycles. The lowest BCUT2D eigenvalue weighted by Crippen LogP contribution is -2.55. The number of sulfone groups is 1. The van der Waals surface area contributed by atoms with Crippen molar-refractivity contribution in [3.8, 4) is 0 Å². The van der Waals surface area contributed by atoms with Crippen LogP contribution in [0.1, 0.15) is 24.2 Å². The first-order chi connectivity index (χ1) is 10.5. The van der Waals surface area contributed by atoms with Gasteiger partial charge in [-0.2, -0.15) is 13.2 Å². The van der Waals surface area contributed by atoms with Gasteiger partial charge in [0.1, 0.15) is 0 Å². The number of alkyl halides is 3. The second-order valence-corrected chi connectivity index (χ2v) is 7.59. The van der Waals surface area contributed by atoms with Crippen molar-refractivity contribution in [3.63, 3.8) is 0 Å². The third-order valence-corrected chi connectivity index (χ3v) is 5.06. The van der Waals surface area contributed by atoms with Crippen molar-refractivity contribution < 1.29 is 26.4 Å². The number of hydrogen-bond acceptors (Lipinski definition) is 4. The van der Waals surface area contributed by atoms with Crippen LogP contribution < -0.4 is 5.32 Å². The van der Waals surface area contributed by atoms with E-state index in [0.29, 0.717) is 13.1 Å². The first-order valence-corrected chi connectivity index (χ1v) is 8.47. The van der Waals surface area contributed by atoms with Crippen molar-refractivity contribution >= 4 is 15.7 Å². The highest BCUT2D eigenvalue weighted by molar-refractivity contribution is 7.92. The molecule has 1 amide bonds. The maximum absolute atomic E-state index is 12.5. The van der Waals surface area contributed by atoms with E-state index in [1.54, 1.807) is 4.90 Å². The van der Waals surface area contributed by atoms with Gasteiger partial charge in [-0.3, -0.25) is 4.79 Å². The van der Waals surface area contributed by atoms with Gasteiger partial charge < -0.3 is 10.2 Å². The van der Waals surface area contributed by atoms with Crippen molar-refractivity contribution in [3.05, 3.63) is 29.8 Å². The van der Waals surface area contributed by atoms with Crippen LogP contribution in [0.4, 0.5) is 13.2 Å². The van der Waals surface area contributed by atoms with Gasteiger partial charge in [0.15, 0.2) is 0 Å². The first kappa shape index (κ1) is 17.7. The molecule has 128 valence electrons. The summed E-state index contributed by atoms with van der Waals surface area (Å²) < 4.78 is 60.0. The first-order valence-electron chi connectivity index (χ1n) is 6.99. The standard InChI is InChI=1S/C14H17F3N2O3S/c1-9-7-19(8-10(2)18-9)13(20)11-3-5-12(6-4-11)23(21,22)14(15,16)17/h3-6,9-10,18H,7-8H2,1-2H3/t9-,10-/m0/s1. The average Bonchev–Trinajstić information content (AvgIpc) is 2.44. The summed E-state index contributed by atoms with van der Waals surface area (Å²) in [7, 11) is -5.40. The van der Waals surface area contributed by atoms with Crippen molar-refractivity contribution in [1.82, 2.24) is 10.2 Å². The number of piperazine rings is 1. The number of carbonyl (C=O) groups excluding carboxylic acids is 1. The molecule has 5 nitrogen and oxygen atoms in total. The highest BCUT2D eigenvalue weighted by Gasteiger charge is 2.46. The minimum atomic E-state index is -5.40. The Morgan fingerprint density at radius 3 is 2.04 bits per heavy atom. The molecule has 1 aromatic rings. The fraction of sp³-hybridized carbons (Fsp3) is 0.500. The second-order valence-electron chi connectivity index (χ2n) is 5.65. The monoisotopic (exact) mass is 350 g/mol. The van der Waals surface area contributed by atoms with Crippen LogP contribution in [0.3, 0.4) is 0 Å². The molecule has 23 heavy (non-hydrogen) atoms. The summed E-state index contributed by atoms with van der Waals surface area (Å²) in [5.74, 6) is -0.332. The molecule has 0 aliphatic carbocycles. The van der Waals surface area contributed by atoms with Gasteiger partial charge in [-0.15, -0.1) is 0 Å². The molecule has 1 aliphatic heterocycles. The maximum Gasteiger partial charge on any atom is 0.501 e. The molecule has 0 radical (unpaired) electrons. The number of halogens is 3. The fourth-order valence-electron chi connectivity index (χ4n) is 2.59. The Morgan fingerprint density at radius 1 is 1.13 bits per heavy atom. The molecule has 1 heterocycles. The summed E-state index contributed by atoms with van der Waals surface area (Å²) in [6.45, 7) is 4.81. The van der Waals surface area contributed by atoms with Gasteiger partial charge in [0.25, 0.3) is 15.7 Å². The lowest BCUT2D eigenvalue weighted by molar-refractivity contribution is -0.0436. The zero-order chi connectivity index (χ0) is 17.4. The molecule has 1 aromatic carbocycles. The van der Waals surface area contributed by atoms with Gasteiger partial charge in [0.05, 0.1) is 4.90 Å². The quantitative estimate of drug-likeness (QED) is 0.883. The summed E-state index contributed by atoms with van der Waals surface area (Å²) in [4.78, 5) is 13.1. The van der Waals surface area contributed by atoms with Crippen molar-refractivity contribution in [2.75, 3.05) is 13.1 Å². The molecular formula is C14H17F3N2O3S. The average molecular weight is 350 g/mol. The zero-order valence-electron chi connectivity index (χ0n) is 12.6. The second kappa shape index (κ2) is 6.12. The van der Waals surface area contributed by atoms with Crippen LogP contribution in [-0.4, -0.2) is 49.9 Å². The Kier molecular flexibility index (Phi) is 4.72. The predicted octanol–water partition coefficient (Wildman–Crippen LogP) is 1.80. The summed E-state index contributed by atoms with van der Waals surface area (Å²) >= 11 is 0. The Bertz CT molecular complexity index is 676. The van der Waals surface area contributed by atoms with Gasteiger partial charge in [0.2, 0.25) is 0 Å². The van der Waals surface area contributed by atoms with E-state index in [9.17, 15) is 26.4 Å². The number of nitrogens with one attached hydrogen (secondary N) is 1. The van der Waals surface area contributed by atoms with Gasteiger partial charge >= 0.3 is 5.51 Å². The lowest BCUT2D eigenvalue weighted by atomic mass is 10.1. The number of nitrogens with zero attached hydrogens (tertiary/aromatic N) is 1. The third-order valence-electron chi connectivity index (χ3n) is 3.56. The van der Waals surface area contributed by atoms with Crippen molar-refractivity contribution in [2.24, 2.45) is 0 Å². The number of amides is 1. The number of hydrogen-bond donors (Lipinski definition) is 1. The SMILES string of the molecule is C[C@H]1CN(C(=O)c2ccc(S(=O)(=O)C(F)(F)F)cc2)C[C@H](C)N1. The van der Waals surface area contributed by atoms with Crippen LogP contribution in [0, 0.1) is 0 Å². The van der Waals surface area contributed by atoms with Crippen molar-refractivity contribution in [2.45, 2.75) is 36.3 Å². The molecular weight excluding hydrogens is 333 g/mol. The summed E-state index contributed by atoms with van der Waals surface area (Å²) in [5.41, 5.74) is -5.20. The number of carbonyl (C=O) groups is 1. The Labute approximate surface area is 132 Å². The van der Waals surface area contributed by atoms with Crippen LogP contribution in [0.15, 0.2) is 29.2 Å². The van der Waals surface area contributed by atoms with E-state index >= 15 is 0 Å². The molecule has 0 spiro atoms. The Morgan fingerprint density at radius 2 is 1.61 bits per heavy atom. The topological polar surface area (TPSA) is 66.5 Å². The predicted molar refractivity (Wildman–Crippen MR) is 77.6 cm³/mol. The fourth-order valence-corrected chi connectivity index (χ4v) is 3.35. The normalized spacial score (nSPS) is 22.9. The Balaban J connectivity index is 2.21. The van der Waals surface area contributed by atoms with Gasteiger partial charge in [-0.1, -0.05) is 0 Å². The van der Waals surface area contributed by atoms with Crippen LogP contribution in [0.2, 0.25) is 0 Å². The molecule has 2 atom stereocenters. The highest BCUT2D eigenvalue weighted by atomic mass is 32.2. The minimum absolute atomic E-state index is 0.104. The molecule has 0 aromatic heterocycles. The molecule has 1 N–H and O–H groups in total. The molecule has 0 bridgehead atoms. The van der Waals surface area contributed by atoms with Gasteiger partial charge in [-0.05, 0) is 38.1 Å². The summed E-state index contributed by atoms with van der Waals surface area (Å²) in [6, 6.07) is 4.05. The minimum Gasteiger partial charge on any atom is -0.336 e. The maximum atomic E-state index is 12.5. The van der Waals surface area contributed by atoms with E-state index in [-0.39, 0.29) is 23.6 Å². The Hall–Kier alpha value is -1.61. The zero-order valence-corrected chi connectivity index (χ0v) is 13.4. The van der Waals surface area contributed by atoms with Crippen LogP contribution in [-0.2, 0) is 9.84 Å². The summed E-state index contributed by atoms with van der Waals surface area (Å²) in [5, 5.41) is 3.26. The lowest BCUT2D eigenvalue weighted by Gasteiger charge is -2.36. The van der Waals surface area contributed by atoms with Crippen molar-refractivity contribution in [1.29, 1.82) is 0 Å². The van der Waals surface area contributed by atoms with Crippen LogP contribution in [0.5, 0.6) is 0 Å². The molecule has 1 aliphatic rings. The molecule has 1 saturated heterocycles. The van der Waals surface area contributed by atoms with E-state index in [1.165, 1.54) is 0 Å².